The highest BCUT2D eigenvalue weighted by Crippen LogP contribution is 2.45. The number of phenols is 1. The Morgan fingerprint density at radius 1 is 1.17 bits per heavy atom. The Labute approximate surface area is 208 Å². The number of nitro benzene ring substituents is 1. The first-order valence-electron chi connectivity index (χ1n) is 10.4. The normalized spacial score (nSPS) is 16.9. The molecule has 36 heavy (non-hydrogen) atoms. The first kappa shape index (κ1) is 24.7. The highest BCUT2D eigenvalue weighted by atomic mass is 35.5. The Hall–Kier alpha value is -4.44. The zero-order valence-electron chi connectivity index (χ0n) is 18.9. The minimum absolute atomic E-state index is 0.0121. The van der Waals surface area contributed by atoms with Crippen molar-refractivity contribution in [1.29, 1.82) is 0 Å². The van der Waals surface area contributed by atoms with E-state index in [1.54, 1.807) is 13.0 Å². The van der Waals surface area contributed by atoms with Crippen LogP contribution in [0.5, 0.6) is 11.5 Å². The lowest BCUT2D eigenvalue weighted by molar-refractivity contribution is -0.385. The number of carbonyl (C=O) groups excluding carboxylic acids is 2. The Bertz CT molecular complexity index is 1470. The number of ketones is 1. The van der Waals surface area contributed by atoms with Gasteiger partial charge in [0.1, 0.15) is 17.3 Å². The molecule has 0 bridgehead atoms. The number of aliphatic hydroxyl groups excluding tert-OH is 1. The van der Waals surface area contributed by atoms with E-state index < -0.39 is 51.2 Å². The largest absolute Gasteiger partial charge is 0.507 e. The van der Waals surface area contributed by atoms with Gasteiger partial charge in [-0.25, -0.2) is 4.39 Å². The second kappa shape index (κ2) is 9.31. The quantitative estimate of drug-likeness (QED) is 0.161. The van der Waals surface area contributed by atoms with Crippen molar-refractivity contribution in [3.8, 4) is 11.5 Å². The molecule has 3 aromatic carbocycles. The molecule has 0 aliphatic carbocycles. The highest BCUT2D eigenvalue weighted by molar-refractivity contribution is 6.51. The third-order valence-corrected chi connectivity index (χ3v) is 5.97. The lowest BCUT2D eigenvalue weighted by Crippen LogP contribution is -2.29. The van der Waals surface area contributed by atoms with E-state index in [0.29, 0.717) is 5.56 Å². The predicted molar refractivity (Wildman–Crippen MR) is 129 cm³/mol. The van der Waals surface area contributed by atoms with Crippen LogP contribution in [0.25, 0.3) is 5.76 Å². The number of carbonyl (C=O) groups is 2. The molecule has 1 heterocycles. The summed E-state index contributed by atoms with van der Waals surface area (Å²) in [5.41, 5.74) is -0.498. The van der Waals surface area contributed by atoms with Crippen LogP contribution in [0.15, 0.2) is 60.2 Å². The van der Waals surface area contributed by atoms with Gasteiger partial charge in [0.25, 0.3) is 11.7 Å². The first-order chi connectivity index (χ1) is 17.0. The van der Waals surface area contributed by atoms with E-state index in [0.717, 1.165) is 29.2 Å². The fourth-order valence-corrected chi connectivity index (χ4v) is 4.51. The third-order valence-electron chi connectivity index (χ3n) is 5.69. The molecule has 11 heteroatoms. The van der Waals surface area contributed by atoms with Gasteiger partial charge >= 0.3 is 5.69 Å². The second-order valence-electron chi connectivity index (χ2n) is 7.98. The van der Waals surface area contributed by atoms with Gasteiger partial charge in [0.15, 0.2) is 5.75 Å². The number of methoxy groups -OCH3 is 1. The highest BCUT2D eigenvalue weighted by Gasteiger charge is 2.48. The standard InChI is InChI=1S/C25H18ClFN2O7/c1-12-8-16(24(36-2)17(26)9-12)22(31)20-21(13-6-7-19(30)18(10-13)29(34)35)28(25(33)23(20)32)15-5-3-4-14(27)11-15/h3-11,21,30-31H,1-2H3/b22-20+. The number of halogens is 2. The minimum Gasteiger partial charge on any atom is -0.507 e. The summed E-state index contributed by atoms with van der Waals surface area (Å²) in [6.45, 7) is 1.69. The lowest BCUT2D eigenvalue weighted by Gasteiger charge is -2.25. The van der Waals surface area contributed by atoms with Crippen LogP contribution in [-0.2, 0) is 9.59 Å². The lowest BCUT2D eigenvalue weighted by atomic mass is 9.94. The van der Waals surface area contributed by atoms with Crippen LogP contribution < -0.4 is 9.64 Å². The van der Waals surface area contributed by atoms with Crippen molar-refractivity contribution in [3.05, 3.63) is 97.8 Å². The maximum absolute atomic E-state index is 14.1. The van der Waals surface area contributed by atoms with Crippen LogP contribution >= 0.6 is 11.6 Å². The zero-order valence-corrected chi connectivity index (χ0v) is 19.6. The molecule has 1 atom stereocenters. The molecular weight excluding hydrogens is 495 g/mol. The number of aliphatic hydroxyl groups is 1. The summed E-state index contributed by atoms with van der Waals surface area (Å²) in [5.74, 6) is -4.16. The van der Waals surface area contributed by atoms with Crippen molar-refractivity contribution in [2.45, 2.75) is 13.0 Å². The predicted octanol–water partition coefficient (Wildman–Crippen LogP) is 5.04. The number of anilines is 1. The summed E-state index contributed by atoms with van der Waals surface area (Å²) in [4.78, 5) is 38.0. The second-order valence-corrected chi connectivity index (χ2v) is 8.39. The summed E-state index contributed by atoms with van der Waals surface area (Å²) < 4.78 is 19.4. The van der Waals surface area contributed by atoms with Gasteiger partial charge in [0, 0.05) is 11.8 Å². The summed E-state index contributed by atoms with van der Waals surface area (Å²) in [5, 5.41) is 32.9. The number of aromatic hydroxyl groups is 1. The monoisotopic (exact) mass is 512 g/mol. The Morgan fingerprint density at radius 3 is 2.53 bits per heavy atom. The van der Waals surface area contributed by atoms with E-state index in [1.807, 2.05) is 0 Å². The van der Waals surface area contributed by atoms with Crippen LogP contribution in [0.3, 0.4) is 0 Å². The molecule has 0 spiro atoms. The molecule has 1 aliphatic rings. The van der Waals surface area contributed by atoms with Crippen molar-refractivity contribution in [3.63, 3.8) is 0 Å². The molecule has 0 saturated carbocycles. The fraction of sp³-hybridized carbons (Fsp3) is 0.120. The van der Waals surface area contributed by atoms with Crippen molar-refractivity contribution in [2.75, 3.05) is 12.0 Å². The Kier molecular flexibility index (Phi) is 6.38. The summed E-state index contributed by atoms with van der Waals surface area (Å²) in [6.07, 6.45) is 0. The molecule has 3 aromatic rings. The SMILES string of the molecule is COc1c(Cl)cc(C)cc1/C(O)=C1\C(=O)C(=O)N(c2cccc(F)c2)C1c1ccc(O)c([N+](=O)[O-])c1. The van der Waals surface area contributed by atoms with E-state index in [4.69, 9.17) is 16.3 Å². The van der Waals surface area contributed by atoms with Gasteiger partial charge < -0.3 is 14.9 Å². The molecule has 1 amide bonds. The van der Waals surface area contributed by atoms with E-state index in [-0.39, 0.29) is 27.6 Å². The number of benzene rings is 3. The van der Waals surface area contributed by atoms with Gasteiger partial charge in [-0.15, -0.1) is 0 Å². The first-order valence-corrected chi connectivity index (χ1v) is 10.8. The molecule has 1 fully saturated rings. The molecular formula is C25H18ClFN2O7. The molecule has 1 unspecified atom stereocenters. The van der Waals surface area contributed by atoms with Crippen LogP contribution in [0.1, 0.15) is 22.7 Å². The van der Waals surface area contributed by atoms with E-state index in [2.05, 4.69) is 0 Å². The smallest absolute Gasteiger partial charge is 0.311 e. The van der Waals surface area contributed by atoms with E-state index in [1.165, 1.54) is 31.4 Å². The number of aryl methyl sites for hydroxylation is 1. The molecule has 1 aliphatic heterocycles. The summed E-state index contributed by atoms with van der Waals surface area (Å²) >= 11 is 6.25. The molecule has 4 rings (SSSR count). The van der Waals surface area contributed by atoms with Gasteiger partial charge in [0.05, 0.1) is 34.2 Å². The summed E-state index contributed by atoms with van der Waals surface area (Å²) in [6, 6.07) is 9.78. The van der Waals surface area contributed by atoms with Crippen molar-refractivity contribution in [2.24, 2.45) is 0 Å². The number of ether oxygens (including phenoxy) is 1. The molecule has 2 N–H and O–H groups in total. The number of rotatable bonds is 5. The van der Waals surface area contributed by atoms with Crippen LogP contribution in [0.4, 0.5) is 15.8 Å². The molecule has 9 nitrogen and oxygen atoms in total. The number of amides is 1. The number of Topliss-reactive ketones (excluding diaryl/α,β-unsaturated/α-hetero) is 1. The van der Waals surface area contributed by atoms with Crippen LogP contribution in [-0.4, -0.2) is 33.9 Å². The fourth-order valence-electron chi connectivity index (χ4n) is 4.15. The van der Waals surface area contributed by atoms with Crippen molar-refractivity contribution in [1.82, 2.24) is 0 Å². The maximum atomic E-state index is 14.1. The van der Waals surface area contributed by atoms with E-state index >= 15 is 0 Å². The Balaban J connectivity index is 2.06. The minimum atomic E-state index is -1.41. The number of nitrogens with zero attached hydrogens (tertiary/aromatic N) is 2. The summed E-state index contributed by atoms with van der Waals surface area (Å²) in [7, 11) is 1.31. The average molecular weight is 513 g/mol. The maximum Gasteiger partial charge on any atom is 0.311 e. The van der Waals surface area contributed by atoms with Gasteiger partial charge in [-0.2, -0.15) is 0 Å². The molecule has 1 saturated heterocycles. The average Bonchev–Trinajstić information content (AvgIpc) is 3.08. The number of phenolic OH excluding ortho intramolecular Hbond substituents is 1. The number of hydrogen-bond acceptors (Lipinski definition) is 7. The van der Waals surface area contributed by atoms with E-state index in [9.17, 15) is 34.3 Å². The van der Waals surface area contributed by atoms with Gasteiger partial charge in [-0.1, -0.05) is 23.7 Å². The van der Waals surface area contributed by atoms with Crippen molar-refractivity contribution < 1.29 is 33.9 Å². The van der Waals surface area contributed by atoms with Gasteiger partial charge in [-0.05, 0) is 54.4 Å². The van der Waals surface area contributed by atoms with Gasteiger partial charge in [-0.3, -0.25) is 24.6 Å². The zero-order chi connectivity index (χ0) is 26.3. The number of nitro groups is 1. The van der Waals surface area contributed by atoms with Gasteiger partial charge in [0.2, 0.25) is 0 Å². The van der Waals surface area contributed by atoms with Crippen molar-refractivity contribution >= 4 is 40.4 Å². The third kappa shape index (κ3) is 4.11. The number of hydrogen-bond donors (Lipinski definition) is 2. The van der Waals surface area contributed by atoms with Crippen LogP contribution in [0, 0.1) is 22.9 Å². The molecule has 184 valence electrons. The van der Waals surface area contributed by atoms with Crippen LogP contribution in [0.2, 0.25) is 5.02 Å². The topological polar surface area (TPSA) is 130 Å². The Morgan fingerprint density at radius 2 is 1.89 bits per heavy atom. The molecule has 0 aromatic heterocycles. The molecule has 0 radical (unpaired) electrons.